The Hall–Kier alpha value is 0.550. The molecule has 0 aliphatic carbocycles. The van der Waals surface area contributed by atoms with Crippen molar-refractivity contribution in [3.8, 4) is 0 Å². The van der Waals surface area contributed by atoms with E-state index in [1.54, 1.807) is 0 Å². The molecule has 0 aliphatic heterocycles. The van der Waals surface area contributed by atoms with Crippen molar-refractivity contribution in [2.45, 2.75) is 13.3 Å². The van der Waals surface area contributed by atoms with Gasteiger partial charge in [0.15, 0.2) is 0 Å². The summed E-state index contributed by atoms with van der Waals surface area (Å²) < 4.78 is 0.907. The van der Waals surface area contributed by atoms with E-state index in [1.165, 1.54) is 18.8 Å². The Kier molecular flexibility index (Phi) is 9.07. The fourth-order valence-electron chi connectivity index (χ4n) is 0.496. The summed E-state index contributed by atoms with van der Waals surface area (Å²) >= 11 is 1.51. The molecule has 4 heteroatoms. The number of halogens is 1. The quantitative estimate of drug-likeness (QED) is 0.180. The van der Waals surface area contributed by atoms with Crippen LogP contribution in [0, 0.1) is 5.21 Å². The van der Waals surface area contributed by atoms with E-state index < -0.39 is 0 Å². The number of rotatable bonds is 1. The third kappa shape index (κ3) is 5.02. The van der Waals surface area contributed by atoms with Crippen LogP contribution < -0.4 is 0 Å². The third-order valence-corrected chi connectivity index (χ3v) is 1.91. The molecule has 0 saturated heterocycles. The zero-order valence-electron chi connectivity index (χ0n) is 5.88. The number of hydrogen-bond donors (Lipinski definition) is 0. The maximum absolute atomic E-state index is 10.5. The van der Waals surface area contributed by atoms with Crippen molar-refractivity contribution in [3.63, 3.8) is 0 Å². The largest absolute Gasteiger partial charge is 0.623 e. The van der Waals surface area contributed by atoms with E-state index in [-0.39, 0.29) is 24.0 Å². The van der Waals surface area contributed by atoms with E-state index in [9.17, 15) is 5.21 Å². The highest BCUT2D eigenvalue weighted by Crippen LogP contribution is 1.99. The molecule has 0 rings (SSSR count). The molecular formula is C5H12INOS. The molecule has 0 aromatic heterocycles. The van der Waals surface area contributed by atoms with Gasteiger partial charge in [0.25, 0.3) is 0 Å². The van der Waals surface area contributed by atoms with Gasteiger partial charge in [0.1, 0.15) is 7.05 Å². The van der Waals surface area contributed by atoms with Crippen molar-refractivity contribution in [1.82, 2.24) is 0 Å². The molecule has 9 heavy (non-hydrogen) atoms. The molecule has 0 atom stereocenters. The van der Waals surface area contributed by atoms with E-state index in [4.69, 9.17) is 0 Å². The Morgan fingerprint density at radius 3 is 2.11 bits per heavy atom. The summed E-state index contributed by atoms with van der Waals surface area (Å²) in [7, 11) is 1.52. The molecule has 0 amide bonds. The van der Waals surface area contributed by atoms with Gasteiger partial charge in [-0.25, -0.2) is 4.74 Å². The first-order valence-electron chi connectivity index (χ1n) is 2.53. The number of hydrogen-bond acceptors (Lipinski definition) is 2. The van der Waals surface area contributed by atoms with Crippen LogP contribution in [0.25, 0.3) is 0 Å². The predicted molar refractivity (Wildman–Crippen MR) is 53.8 cm³/mol. The first-order chi connectivity index (χ1) is 3.72. The minimum Gasteiger partial charge on any atom is -0.623 e. The van der Waals surface area contributed by atoms with Crippen molar-refractivity contribution < 1.29 is 4.74 Å². The second-order valence-electron chi connectivity index (χ2n) is 1.45. The van der Waals surface area contributed by atoms with Crippen LogP contribution in [-0.2, 0) is 0 Å². The summed E-state index contributed by atoms with van der Waals surface area (Å²) in [5.74, 6) is 0. The number of thioether (sulfide) groups is 1. The van der Waals surface area contributed by atoms with Gasteiger partial charge >= 0.3 is 0 Å². The van der Waals surface area contributed by atoms with Crippen molar-refractivity contribution >= 4 is 40.8 Å². The molecule has 0 aliphatic rings. The van der Waals surface area contributed by atoms with E-state index in [0.717, 1.165) is 16.2 Å². The monoisotopic (exact) mass is 261 g/mol. The predicted octanol–water partition coefficient (Wildman–Crippen LogP) is 1.92. The molecule has 0 N–H and O–H groups in total. The van der Waals surface area contributed by atoms with Crippen molar-refractivity contribution in [3.05, 3.63) is 5.21 Å². The fraction of sp³-hybridized carbons (Fsp3) is 0.800. The maximum Gasteiger partial charge on any atom is 0.220 e. The van der Waals surface area contributed by atoms with Crippen LogP contribution in [0.3, 0.4) is 0 Å². The molecule has 0 aromatic carbocycles. The zero-order chi connectivity index (χ0) is 6.57. The summed E-state index contributed by atoms with van der Waals surface area (Å²) in [6.45, 7) is 1.97. The van der Waals surface area contributed by atoms with Crippen LogP contribution in [0.4, 0.5) is 0 Å². The first-order valence-corrected chi connectivity index (χ1v) is 3.75. The Labute approximate surface area is 77.3 Å². The molecular weight excluding hydrogens is 249 g/mol. The minimum absolute atomic E-state index is 0. The third-order valence-electron chi connectivity index (χ3n) is 0.889. The number of hydroxylamine groups is 1. The Bertz CT molecular complexity index is 95.1. The summed E-state index contributed by atoms with van der Waals surface area (Å²) in [6, 6.07) is 0. The van der Waals surface area contributed by atoms with Crippen LogP contribution in [0.15, 0.2) is 0 Å². The molecule has 2 nitrogen and oxygen atoms in total. The highest BCUT2D eigenvalue weighted by Gasteiger charge is 1.97. The molecule has 0 saturated carbocycles. The summed E-state index contributed by atoms with van der Waals surface area (Å²) in [4.78, 5) is 0. The van der Waals surface area contributed by atoms with Gasteiger partial charge in [-0.3, -0.25) is 0 Å². The van der Waals surface area contributed by atoms with Crippen LogP contribution in [0.5, 0.6) is 0 Å². The molecule has 0 unspecified atom stereocenters. The second-order valence-corrected chi connectivity index (χ2v) is 2.33. The van der Waals surface area contributed by atoms with Gasteiger partial charge in [0.2, 0.25) is 5.04 Å². The number of nitrogens with zero attached hydrogens (tertiary/aromatic N) is 1. The SMILES string of the molecule is CC/C(SC)=[N+](/C)[O-].I. The average Bonchev–Trinajstić information content (AvgIpc) is 1.69. The highest BCUT2D eigenvalue weighted by atomic mass is 127. The van der Waals surface area contributed by atoms with E-state index >= 15 is 0 Å². The summed E-state index contributed by atoms with van der Waals surface area (Å²) in [5, 5.41) is 11.3. The topological polar surface area (TPSA) is 26.1 Å². The Balaban J connectivity index is 0. The van der Waals surface area contributed by atoms with Gasteiger partial charge in [0, 0.05) is 6.42 Å². The van der Waals surface area contributed by atoms with Gasteiger partial charge in [-0.05, 0) is 6.26 Å². The van der Waals surface area contributed by atoms with Crippen LogP contribution in [-0.4, -0.2) is 23.1 Å². The molecule has 0 aromatic rings. The van der Waals surface area contributed by atoms with Crippen molar-refractivity contribution in [2.24, 2.45) is 0 Å². The lowest BCUT2D eigenvalue weighted by atomic mass is 10.5. The van der Waals surface area contributed by atoms with Gasteiger partial charge in [0.05, 0.1) is 0 Å². The van der Waals surface area contributed by atoms with Crippen molar-refractivity contribution in [1.29, 1.82) is 0 Å². The first kappa shape index (κ1) is 12.2. The molecule has 0 radical (unpaired) electrons. The fourth-order valence-corrected chi connectivity index (χ4v) is 1.04. The molecule has 0 heterocycles. The molecule has 0 spiro atoms. The highest BCUT2D eigenvalue weighted by molar-refractivity contribution is 14.0. The lowest BCUT2D eigenvalue weighted by molar-refractivity contribution is -0.420. The van der Waals surface area contributed by atoms with Gasteiger partial charge in [-0.2, -0.15) is 0 Å². The normalized spacial score (nSPS) is 11.9. The molecule has 0 bridgehead atoms. The van der Waals surface area contributed by atoms with E-state index in [2.05, 4.69) is 0 Å². The van der Waals surface area contributed by atoms with Gasteiger partial charge < -0.3 is 5.21 Å². The van der Waals surface area contributed by atoms with E-state index in [0.29, 0.717) is 0 Å². The van der Waals surface area contributed by atoms with Gasteiger partial charge in [-0.15, -0.1) is 24.0 Å². The van der Waals surface area contributed by atoms with Crippen LogP contribution >= 0.6 is 35.7 Å². The second kappa shape index (κ2) is 6.67. The maximum atomic E-state index is 10.5. The van der Waals surface area contributed by atoms with Gasteiger partial charge in [-0.1, -0.05) is 18.7 Å². The van der Waals surface area contributed by atoms with E-state index in [1.807, 2.05) is 13.2 Å². The summed E-state index contributed by atoms with van der Waals surface area (Å²) in [6.07, 6.45) is 2.74. The standard InChI is InChI=1S/C5H11NOS.HI/c1-4-5(8-3)6(2)7;/h4H2,1-3H3;1H/b6-5+;. The van der Waals surface area contributed by atoms with Crippen molar-refractivity contribution in [2.75, 3.05) is 13.3 Å². The lowest BCUT2D eigenvalue weighted by Gasteiger charge is -1.99. The Morgan fingerprint density at radius 2 is 2.11 bits per heavy atom. The van der Waals surface area contributed by atoms with Crippen LogP contribution in [0.1, 0.15) is 13.3 Å². The summed E-state index contributed by atoms with van der Waals surface area (Å²) in [5.41, 5.74) is 0. The molecule has 56 valence electrons. The Morgan fingerprint density at radius 1 is 1.67 bits per heavy atom. The van der Waals surface area contributed by atoms with Crippen LogP contribution in [0.2, 0.25) is 0 Å². The lowest BCUT2D eigenvalue weighted by Crippen LogP contribution is -2.05. The minimum atomic E-state index is 0. The molecule has 0 fully saturated rings. The smallest absolute Gasteiger partial charge is 0.220 e. The zero-order valence-corrected chi connectivity index (χ0v) is 9.03. The average molecular weight is 261 g/mol.